The molecule has 128 valence electrons. The molecule has 0 bridgehead atoms. The van der Waals surface area contributed by atoms with Crippen LogP contribution in [0.1, 0.15) is 16.2 Å². The van der Waals surface area contributed by atoms with E-state index in [1.54, 1.807) is 19.1 Å². The van der Waals surface area contributed by atoms with E-state index >= 15 is 0 Å². The van der Waals surface area contributed by atoms with Gasteiger partial charge in [0.05, 0.1) is 15.3 Å². The Hall–Kier alpha value is -2.94. The number of amides is 1. The summed E-state index contributed by atoms with van der Waals surface area (Å²) in [7, 11) is -3.08. The van der Waals surface area contributed by atoms with Gasteiger partial charge in [0.25, 0.3) is 5.91 Å². The zero-order valence-electron chi connectivity index (χ0n) is 13.3. The van der Waals surface area contributed by atoms with Gasteiger partial charge in [-0.25, -0.2) is 13.6 Å². The fraction of sp³-hybridized carbons (Fsp3) is 0.125. The van der Waals surface area contributed by atoms with E-state index in [0.29, 0.717) is 11.5 Å². The third-order valence-electron chi connectivity index (χ3n) is 3.27. The third-order valence-corrected chi connectivity index (χ3v) is 4.80. The second-order valence-corrected chi connectivity index (χ2v) is 7.40. The van der Waals surface area contributed by atoms with Gasteiger partial charge in [-0.15, -0.1) is 0 Å². The van der Waals surface area contributed by atoms with Gasteiger partial charge in [-0.2, -0.15) is 9.35 Å². The van der Waals surface area contributed by atoms with E-state index in [0.717, 1.165) is 6.07 Å². The maximum atomic E-state index is 14.3. The predicted octanol–water partition coefficient (Wildman–Crippen LogP) is 2.88. The minimum absolute atomic E-state index is 0.155. The van der Waals surface area contributed by atoms with Gasteiger partial charge in [-0.05, 0) is 24.3 Å². The van der Waals surface area contributed by atoms with Crippen LogP contribution in [0.4, 0.5) is 4.39 Å². The highest BCUT2D eigenvalue weighted by atomic mass is 32.2. The summed E-state index contributed by atoms with van der Waals surface area (Å²) in [6, 6.07) is 8.60. The van der Waals surface area contributed by atoms with Crippen molar-refractivity contribution in [1.29, 1.82) is 0 Å². The number of carbonyl (C=O) groups is 1. The number of aryl methyl sites for hydroxylation is 1. The molecule has 1 aromatic carbocycles. The first kappa shape index (κ1) is 16.9. The van der Waals surface area contributed by atoms with Crippen LogP contribution < -0.4 is 0 Å². The maximum Gasteiger partial charge on any atom is 0.288 e. The second kappa shape index (κ2) is 6.52. The Kier molecular flexibility index (Phi) is 4.41. The van der Waals surface area contributed by atoms with Gasteiger partial charge in [0, 0.05) is 24.9 Å². The summed E-state index contributed by atoms with van der Waals surface area (Å²) < 4.78 is 35.4. The molecular formula is C16H13FN4O3S. The first-order valence-corrected chi connectivity index (χ1v) is 9.07. The monoisotopic (exact) mass is 360 g/mol. The summed E-state index contributed by atoms with van der Waals surface area (Å²) >= 11 is 0. The lowest BCUT2D eigenvalue weighted by Gasteiger charge is -2.04. The van der Waals surface area contributed by atoms with Gasteiger partial charge in [0.15, 0.2) is 0 Å². The summed E-state index contributed by atoms with van der Waals surface area (Å²) in [5.74, 6) is -1.19. The summed E-state index contributed by atoms with van der Waals surface area (Å²) in [6.07, 6.45) is 2.72. The van der Waals surface area contributed by atoms with E-state index in [9.17, 15) is 13.4 Å². The van der Waals surface area contributed by atoms with Crippen LogP contribution >= 0.6 is 0 Å². The first-order valence-electron chi connectivity index (χ1n) is 7.14. The topological polar surface area (TPSA) is 98.3 Å². The Morgan fingerprint density at radius 3 is 2.68 bits per heavy atom. The number of benzene rings is 1. The van der Waals surface area contributed by atoms with Crippen LogP contribution in [-0.2, 0) is 9.73 Å². The number of hydrogen-bond donors (Lipinski definition) is 0. The smallest absolute Gasteiger partial charge is 0.288 e. The van der Waals surface area contributed by atoms with Gasteiger partial charge in [-0.3, -0.25) is 4.79 Å². The zero-order valence-corrected chi connectivity index (χ0v) is 14.2. The number of halogens is 1. The lowest BCUT2D eigenvalue weighted by atomic mass is 10.1. The van der Waals surface area contributed by atoms with Crippen LogP contribution in [0.15, 0.2) is 56.5 Å². The molecule has 2 heterocycles. The van der Waals surface area contributed by atoms with Crippen LogP contribution in [0.5, 0.6) is 0 Å². The quantitative estimate of drug-likeness (QED) is 0.712. The summed E-state index contributed by atoms with van der Waals surface area (Å²) in [6.45, 7) is 1.61. The number of carbonyl (C=O) groups excluding carboxylic acids is 1. The molecule has 1 amide bonds. The van der Waals surface area contributed by atoms with E-state index in [-0.39, 0.29) is 16.4 Å². The molecule has 1 atom stereocenters. The summed E-state index contributed by atoms with van der Waals surface area (Å²) in [4.78, 5) is 20.2. The number of pyridine rings is 1. The highest BCUT2D eigenvalue weighted by Crippen LogP contribution is 2.20. The number of hydrogen-bond acceptors (Lipinski definition) is 6. The van der Waals surface area contributed by atoms with Crippen LogP contribution in [0, 0.1) is 12.7 Å². The molecule has 0 N–H and O–H groups in total. The highest BCUT2D eigenvalue weighted by molar-refractivity contribution is 7.93. The van der Waals surface area contributed by atoms with Crippen LogP contribution in [0.2, 0.25) is 0 Å². The standard InChI is InChI=1S/C16H13FN4O3S/c1-10-19-15(20-24-10)11-6-7-12(13(17)9-11)16(22)21-25(2,23)14-5-3-4-8-18-14/h3-9H,1-2H3. The first-order chi connectivity index (χ1) is 11.9. The van der Waals surface area contributed by atoms with Crippen LogP contribution in [0.3, 0.4) is 0 Å². The minimum atomic E-state index is -3.08. The van der Waals surface area contributed by atoms with Gasteiger partial charge in [0.1, 0.15) is 10.8 Å². The van der Waals surface area contributed by atoms with E-state index < -0.39 is 21.5 Å². The molecule has 0 aliphatic carbocycles. The molecule has 3 rings (SSSR count). The molecule has 0 saturated carbocycles. The molecule has 9 heteroatoms. The van der Waals surface area contributed by atoms with Crippen molar-refractivity contribution in [2.75, 3.05) is 6.26 Å². The molecule has 0 aliphatic heterocycles. The predicted molar refractivity (Wildman–Crippen MR) is 87.8 cm³/mol. The highest BCUT2D eigenvalue weighted by Gasteiger charge is 2.17. The normalized spacial score (nSPS) is 13.2. The summed E-state index contributed by atoms with van der Waals surface area (Å²) in [5.41, 5.74) is 0.0577. The van der Waals surface area contributed by atoms with Crippen molar-refractivity contribution in [2.45, 2.75) is 11.9 Å². The fourth-order valence-electron chi connectivity index (χ4n) is 2.07. The molecule has 7 nitrogen and oxygen atoms in total. The molecule has 3 aromatic rings. The van der Waals surface area contributed by atoms with E-state index in [1.165, 1.54) is 30.7 Å². The second-order valence-electron chi connectivity index (χ2n) is 5.20. The molecule has 1 unspecified atom stereocenters. The Bertz CT molecular complexity index is 1060. The number of rotatable bonds is 3. The van der Waals surface area contributed by atoms with Crippen molar-refractivity contribution < 1.29 is 17.9 Å². The van der Waals surface area contributed by atoms with Gasteiger partial charge in [-0.1, -0.05) is 17.3 Å². The lowest BCUT2D eigenvalue weighted by Crippen LogP contribution is -2.07. The van der Waals surface area contributed by atoms with Crippen molar-refractivity contribution in [2.24, 2.45) is 4.36 Å². The Labute approximate surface area is 143 Å². The molecule has 25 heavy (non-hydrogen) atoms. The Morgan fingerprint density at radius 2 is 2.08 bits per heavy atom. The lowest BCUT2D eigenvalue weighted by molar-refractivity contribution is 0.100. The average Bonchev–Trinajstić information content (AvgIpc) is 3.01. The molecule has 0 fully saturated rings. The van der Waals surface area contributed by atoms with E-state index in [1.807, 2.05) is 0 Å². The molecule has 0 radical (unpaired) electrons. The molecule has 2 aromatic heterocycles. The molecule has 0 saturated heterocycles. The number of aromatic nitrogens is 3. The zero-order chi connectivity index (χ0) is 18.0. The average molecular weight is 360 g/mol. The van der Waals surface area contributed by atoms with Gasteiger partial charge >= 0.3 is 0 Å². The van der Waals surface area contributed by atoms with Gasteiger partial charge in [0.2, 0.25) is 11.7 Å². The van der Waals surface area contributed by atoms with Gasteiger partial charge < -0.3 is 4.52 Å². The van der Waals surface area contributed by atoms with Crippen molar-refractivity contribution in [3.8, 4) is 11.4 Å². The summed E-state index contributed by atoms with van der Waals surface area (Å²) in [5, 5.41) is 3.84. The van der Waals surface area contributed by atoms with Crippen molar-refractivity contribution >= 4 is 15.6 Å². The largest absolute Gasteiger partial charge is 0.339 e. The SMILES string of the molecule is Cc1nc(-c2ccc(C(=O)N=S(C)(=O)c3ccccn3)c(F)c2)no1. The van der Waals surface area contributed by atoms with Crippen molar-refractivity contribution in [3.63, 3.8) is 0 Å². The van der Waals surface area contributed by atoms with E-state index in [4.69, 9.17) is 4.52 Å². The minimum Gasteiger partial charge on any atom is -0.339 e. The molecular weight excluding hydrogens is 347 g/mol. The van der Waals surface area contributed by atoms with Crippen LogP contribution in [-0.4, -0.2) is 31.5 Å². The molecule has 0 spiro atoms. The van der Waals surface area contributed by atoms with Crippen LogP contribution in [0.25, 0.3) is 11.4 Å². The Morgan fingerprint density at radius 1 is 1.28 bits per heavy atom. The van der Waals surface area contributed by atoms with E-state index in [2.05, 4.69) is 19.5 Å². The fourth-order valence-corrected chi connectivity index (χ4v) is 3.17. The third kappa shape index (κ3) is 3.61. The molecule has 0 aliphatic rings. The maximum absolute atomic E-state index is 14.3. The van der Waals surface area contributed by atoms with Crippen molar-refractivity contribution in [3.05, 3.63) is 59.9 Å². The van der Waals surface area contributed by atoms with Crippen molar-refractivity contribution in [1.82, 2.24) is 15.1 Å². The number of nitrogens with zero attached hydrogens (tertiary/aromatic N) is 4. The Balaban J connectivity index is 1.95.